The zero-order valence-corrected chi connectivity index (χ0v) is 37.3. The molecule has 1 unspecified atom stereocenters. The Kier molecular flexibility index (Phi) is 34.5. The van der Waals surface area contributed by atoms with Crippen molar-refractivity contribution in [2.75, 3.05) is 46.5 Å². The van der Waals surface area contributed by atoms with Gasteiger partial charge in [-0.1, -0.05) is 164 Å². The second kappa shape index (κ2) is 38.5. The van der Waals surface area contributed by atoms with Gasteiger partial charge in [0.1, 0.15) is 0 Å². The molecule has 4 nitrogen and oxygen atoms in total. The van der Waals surface area contributed by atoms with E-state index in [0.717, 1.165) is 58.5 Å². The van der Waals surface area contributed by atoms with Gasteiger partial charge in [-0.2, -0.15) is 0 Å². The summed E-state index contributed by atoms with van der Waals surface area (Å²) in [5.74, 6) is 0. The summed E-state index contributed by atoms with van der Waals surface area (Å²) in [6.45, 7) is 12.3. The summed E-state index contributed by atoms with van der Waals surface area (Å²) in [5, 5.41) is 0. The third-order valence-corrected chi connectivity index (χ3v) is 11.1. The molecular weight excluding hydrogens is 685 g/mol. The van der Waals surface area contributed by atoms with Crippen LogP contribution in [0.15, 0.2) is 72.9 Å². The van der Waals surface area contributed by atoms with E-state index in [2.05, 4.69) is 104 Å². The van der Waals surface area contributed by atoms with Gasteiger partial charge < -0.3 is 9.47 Å². The SMILES string of the molecule is CCCCC/C=C\C/C=C\CCCCCCCCOCC(CN(C)Cc1cccc(CN2CCCC2)c1)OCCCCCCCC/C=C/C/C=C/CCCCC. The van der Waals surface area contributed by atoms with E-state index in [4.69, 9.17) is 9.47 Å². The van der Waals surface area contributed by atoms with Crippen LogP contribution < -0.4 is 0 Å². The maximum atomic E-state index is 6.52. The topological polar surface area (TPSA) is 24.9 Å². The average molecular weight is 775 g/mol. The zero-order valence-electron chi connectivity index (χ0n) is 37.3. The number of hydrogen-bond donors (Lipinski definition) is 0. The molecule has 1 fully saturated rings. The number of likely N-dealkylation sites (tertiary alicyclic amines) is 1. The number of likely N-dealkylation sites (N-methyl/N-ethyl adjacent to an activating group) is 1. The second-order valence-electron chi connectivity index (χ2n) is 16.7. The van der Waals surface area contributed by atoms with Crippen molar-refractivity contribution in [3.05, 3.63) is 84.0 Å². The molecule has 4 heteroatoms. The first kappa shape index (κ1) is 50.2. The van der Waals surface area contributed by atoms with Crippen molar-refractivity contribution in [3.63, 3.8) is 0 Å². The quantitative estimate of drug-likeness (QED) is 0.0491. The summed E-state index contributed by atoms with van der Waals surface area (Å²) in [7, 11) is 2.24. The number of nitrogens with zero attached hydrogens (tertiary/aromatic N) is 2. The molecule has 1 aliphatic rings. The lowest BCUT2D eigenvalue weighted by Crippen LogP contribution is -2.34. The first-order valence-electron chi connectivity index (χ1n) is 24.0. The molecule has 0 aromatic heterocycles. The number of hydrogen-bond acceptors (Lipinski definition) is 4. The number of rotatable bonds is 39. The van der Waals surface area contributed by atoms with Gasteiger partial charge in [-0.3, -0.25) is 9.80 Å². The highest BCUT2D eigenvalue weighted by Gasteiger charge is 2.15. The van der Waals surface area contributed by atoms with Crippen LogP contribution in [0.25, 0.3) is 0 Å². The van der Waals surface area contributed by atoms with Gasteiger partial charge in [-0.05, 0) is 121 Å². The van der Waals surface area contributed by atoms with E-state index < -0.39 is 0 Å². The minimum absolute atomic E-state index is 0.121. The van der Waals surface area contributed by atoms with Gasteiger partial charge in [-0.25, -0.2) is 0 Å². The Morgan fingerprint density at radius 2 is 1.07 bits per heavy atom. The van der Waals surface area contributed by atoms with Crippen molar-refractivity contribution in [1.29, 1.82) is 0 Å². The normalized spacial score (nSPS) is 14.6. The summed E-state index contributed by atoms with van der Waals surface area (Å²) in [6.07, 6.45) is 52.2. The minimum atomic E-state index is 0.121. The molecule has 320 valence electrons. The summed E-state index contributed by atoms with van der Waals surface area (Å²) in [5.41, 5.74) is 2.84. The van der Waals surface area contributed by atoms with E-state index in [1.807, 2.05) is 0 Å². The molecule has 1 aromatic rings. The highest BCUT2D eigenvalue weighted by atomic mass is 16.5. The van der Waals surface area contributed by atoms with Crippen LogP contribution in [0.3, 0.4) is 0 Å². The fourth-order valence-corrected chi connectivity index (χ4v) is 7.65. The Morgan fingerprint density at radius 1 is 0.589 bits per heavy atom. The fourth-order valence-electron chi connectivity index (χ4n) is 7.65. The number of ether oxygens (including phenoxy) is 2. The summed E-state index contributed by atoms with van der Waals surface area (Å²) < 4.78 is 12.8. The average Bonchev–Trinajstić information content (AvgIpc) is 3.71. The Labute approximate surface area is 348 Å². The van der Waals surface area contributed by atoms with Crippen LogP contribution in [-0.4, -0.2) is 62.4 Å². The van der Waals surface area contributed by atoms with Gasteiger partial charge in [0.15, 0.2) is 0 Å². The maximum Gasteiger partial charge on any atom is 0.0934 e. The zero-order chi connectivity index (χ0) is 39.8. The Hall–Kier alpha value is -1.98. The predicted octanol–water partition coefficient (Wildman–Crippen LogP) is 14.7. The van der Waals surface area contributed by atoms with Crippen LogP contribution >= 0.6 is 0 Å². The van der Waals surface area contributed by atoms with Crippen molar-refractivity contribution in [3.8, 4) is 0 Å². The lowest BCUT2D eigenvalue weighted by Gasteiger charge is -2.25. The minimum Gasteiger partial charge on any atom is -0.379 e. The van der Waals surface area contributed by atoms with E-state index in [9.17, 15) is 0 Å². The van der Waals surface area contributed by atoms with Gasteiger partial charge in [0, 0.05) is 32.8 Å². The van der Waals surface area contributed by atoms with E-state index in [-0.39, 0.29) is 6.10 Å². The standard InChI is InChI=1S/C52H90N2O2/c1-4-6-8-10-12-14-16-18-20-22-24-26-28-30-32-36-43-55-49-52(48-53(3)46-50-39-38-40-51(45-50)47-54-41-34-35-42-54)56-44-37-33-31-29-27-25-23-21-19-17-15-13-11-9-7-5-2/h12-15,18-21,38-40,45,52H,4-11,16-17,22-37,41-44,46-49H2,1-3H3/b14-12-,15-13+,20-18-,21-19+. The molecule has 0 bridgehead atoms. The predicted molar refractivity (Wildman–Crippen MR) is 247 cm³/mol. The van der Waals surface area contributed by atoms with Crippen molar-refractivity contribution < 1.29 is 9.47 Å². The van der Waals surface area contributed by atoms with Gasteiger partial charge >= 0.3 is 0 Å². The van der Waals surface area contributed by atoms with E-state index in [1.165, 1.54) is 165 Å². The molecule has 1 aliphatic heterocycles. The Balaban J connectivity index is 1.60. The third kappa shape index (κ3) is 31.1. The van der Waals surface area contributed by atoms with E-state index in [0.29, 0.717) is 6.61 Å². The highest BCUT2D eigenvalue weighted by molar-refractivity contribution is 5.23. The maximum absolute atomic E-state index is 6.52. The van der Waals surface area contributed by atoms with Gasteiger partial charge in [-0.15, -0.1) is 0 Å². The van der Waals surface area contributed by atoms with Gasteiger partial charge in [0.2, 0.25) is 0 Å². The number of allylic oxidation sites excluding steroid dienone is 8. The van der Waals surface area contributed by atoms with Crippen molar-refractivity contribution in [2.45, 2.75) is 200 Å². The number of benzene rings is 1. The molecule has 2 rings (SSSR count). The second-order valence-corrected chi connectivity index (χ2v) is 16.7. The Bertz CT molecular complexity index is 1100. The molecule has 1 aromatic carbocycles. The first-order valence-corrected chi connectivity index (χ1v) is 24.0. The molecule has 1 saturated heterocycles. The van der Waals surface area contributed by atoms with Crippen LogP contribution in [-0.2, 0) is 22.6 Å². The molecule has 0 aliphatic carbocycles. The third-order valence-electron chi connectivity index (χ3n) is 11.1. The van der Waals surface area contributed by atoms with Crippen LogP contribution in [0.1, 0.15) is 192 Å². The summed E-state index contributed by atoms with van der Waals surface area (Å²) in [6, 6.07) is 9.23. The highest BCUT2D eigenvalue weighted by Crippen LogP contribution is 2.16. The van der Waals surface area contributed by atoms with Crippen LogP contribution in [0.4, 0.5) is 0 Å². The lowest BCUT2D eigenvalue weighted by molar-refractivity contribution is -0.0322. The molecule has 0 spiro atoms. The van der Waals surface area contributed by atoms with Crippen molar-refractivity contribution >= 4 is 0 Å². The van der Waals surface area contributed by atoms with Crippen molar-refractivity contribution in [2.24, 2.45) is 0 Å². The van der Waals surface area contributed by atoms with Crippen LogP contribution in [0.2, 0.25) is 0 Å². The lowest BCUT2D eigenvalue weighted by atomic mass is 10.1. The molecular formula is C52H90N2O2. The van der Waals surface area contributed by atoms with E-state index in [1.54, 1.807) is 0 Å². The van der Waals surface area contributed by atoms with Crippen molar-refractivity contribution in [1.82, 2.24) is 9.80 Å². The molecule has 56 heavy (non-hydrogen) atoms. The van der Waals surface area contributed by atoms with Crippen LogP contribution in [0.5, 0.6) is 0 Å². The molecule has 0 amide bonds. The van der Waals surface area contributed by atoms with Crippen LogP contribution in [0, 0.1) is 0 Å². The van der Waals surface area contributed by atoms with Gasteiger partial charge in [0.05, 0.1) is 12.7 Å². The van der Waals surface area contributed by atoms with E-state index >= 15 is 0 Å². The largest absolute Gasteiger partial charge is 0.379 e. The first-order chi connectivity index (χ1) is 27.7. The Morgan fingerprint density at radius 3 is 1.62 bits per heavy atom. The molecule has 1 heterocycles. The molecule has 1 atom stereocenters. The monoisotopic (exact) mass is 775 g/mol. The summed E-state index contributed by atoms with van der Waals surface area (Å²) >= 11 is 0. The molecule has 0 radical (unpaired) electrons. The number of unbranched alkanes of at least 4 members (excludes halogenated alkanes) is 18. The van der Waals surface area contributed by atoms with Gasteiger partial charge in [0.25, 0.3) is 0 Å². The fraction of sp³-hybridized carbons (Fsp3) is 0.731. The molecule has 0 saturated carbocycles. The summed E-state index contributed by atoms with van der Waals surface area (Å²) in [4.78, 5) is 5.02. The molecule has 0 N–H and O–H groups in total. The smallest absolute Gasteiger partial charge is 0.0934 e.